The van der Waals surface area contributed by atoms with Gasteiger partial charge in [-0.2, -0.15) is 0 Å². The molecular formula is C11H20FNO. The molecule has 2 atom stereocenters. The van der Waals surface area contributed by atoms with Crippen molar-refractivity contribution in [1.29, 1.82) is 0 Å². The lowest BCUT2D eigenvalue weighted by Gasteiger charge is -2.41. The van der Waals surface area contributed by atoms with E-state index in [1.807, 2.05) is 20.8 Å². The quantitative estimate of drug-likeness (QED) is 0.637. The number of hydrogen-bond acceptors (Lipinski definition) is 1. The molecule has 0 saturated carbocycles. The average molecular weight is 201 g/mol. The van der Waals surface area contributed by atoms with Gasteiger partial charge in [0.25, 0.3) is 0 Å². The second kappa shape index (κ2) is 3.21. The van der Waals surface area contributed by atoms with Crippen molar-refractivity contribution in [3.8, 4) is 0 Å². The SMILES string of the molecule is CC(F)C1(C(C)(C)C)CCN(C)C1=O. The summed E-state index contributed by atoms with van der Waals surface area (Å²) >= 11 is 0. The van der Waals surface area contributed by atoms with Crippen LogP contribution in [0.5, 0.6) is 0 Å². The molecule has 1 saturated heterocycles. The van der Waals surface area contributed by atoms with Crippen molar-refractivity contribution in [3.05, 3.63) is 0 Å². The van der Waals surface area contributed by atoms with Gasteiger partial charge in [-0.1, -0.05) is 20.8 Å². The molecule has 0 spiro atoms. The van der Waals surface area contributed by atoms with Gasteiger partial charge in [0, 0.05) is 13.6 Å². The van der Waals surface area contributed by atoms with Gasteiger partial charge in [-0.3, -0.25) is 4.79 Å². The molecule has 1 rings (SSSR count). The van der Waals surface area contributed by atoms with E-state index in [1.54, 1.807) is 11.9 Å². The number of amides is 1. The summed E-state index contributed by atoms with van der Waals surface area (Å²) in [5, 5.41) is 0. The number of carbonyl (C=O) groups excluding carboxylic acids is 1. The second-order valence-electron chi connectivity index (χ2n) is 5.31. The molecule has 0 aromatic carbocycles. The molecule has 1 fully saturated rings. The topological polar surface area (TPSA) is 20.3 Å². The fourth-order valence-corrected chi connectivity index (χ4v) is 2.55. The molecule has 2 nitrogen and oxygen atoms in total. The van der Waals surface area contributed by atoms with E-state index in [-0.39, 0.29) is 11.3 Å². The molecule has 0 aliphatic carbocycles. The zero-order valence-corrected chi connectivity index (χ0v) is 9.72. The maximum absolute atomic E-state index is 13.7. The van der Waals surface area contributed by atoms with E-state index >= 15 is 0 Å². The standard InChI is InChI=1S/C11H20FNO/c1-8(12)11(10(2,3)4)6-7-13(5)9(11)14/h8H,6-7H2,1-5H3. The first kappa shape index (κ1) is 11.5. The first-order valence-electron chi connectivity index (χ1n) is 5.13. The number of carbonyl (C=O) groups is 1. The fraction of sp³-hybridized carbons (Fsp3) is 0.909. The van der Waals surface area contributed by atoms with Crippen molar-refractivity contribution in [2.75, 3.05) is 13.6 Å². The average Bonchev–Trinajstić information content (AvgIpc) is 2.28. The van der Waals surface area contributed by atoms with Crippen LogP contribution in [0.15, 0.2) is 0 Å². The number of likely N-dealkylation sites (tertiary alicyclic amines) is 1. The van der Waals surface area contributed by atoms with Crippen molar-refractivity contribution in [1.82, 2.24) is 4.90 Å². The van der Waals surface area contributed by atoms with Crippen LogP contribution in [0.4, 0.5) is 4.39 Å². The van der Waals surface area contributed by atoms with E-state index in [2.05, 4.69) is 0 Å². The van der Waals surface area contributed by atoms with Gasteiger partial charge < -0.3 is 4.90 Å². The molecule has 14 heavy (non-hydrogen) atoms. The summed E-state index contributed by atoms with van der Waals surface area (Å²) in [4.78, 5) is 13.6. The number of hydrogen-bond donors (Lipinski definition) is 0. The second-order valence-corrected chi connectivity index (χ2v) is 5.31. The minimum atomic E-state index is -1.08. The van der Waals surface area contributed by atoms with Crippen molar-refractivity contribution in [2.24, 2.45) is 10.8 Å². The van der Waals surface area contributed by atoms with Crippen LogP contribution in [-0.2, 0) is 4.79 Å². The third-order valence-corrected chi connectivity index (χ3v) is 3.59. The smallest absolute Gasteiger partial charge is 0.232 e. The summed E-state index contributed by atoms with van der Waals surface area (Å²) in [5.74, 6) is -0.0417. The van der Waals surface area contributed by atoms with E-state index in [4.69, 9.17) is 0 Å². The summed E-state index contributed by atoms with van der Waals surface area (Å²) in [5.41, 5.74) is -1.13. The third kappa shape index (κ3) is 1.33. The Morgan fingerprint density at radius 2 is 2.00 bits per heavy atom. The lowest BCUT2D eigenvalue weighted by atomic mass is 9.63. The van der Waals surface area contributed by atoms with E-state index in [9.17, 15) is 9.18 Å². The molecule has 0 aromatic heterocycles. The Balaban J connectivity index is 3.14. The molecule has 1 aliphatic rings. The van der Waals surface area contributed by atoms with Crippen molar-refractivity contribution in [3.63, 3.8) is 0 Å². The first-order valence-corrected chi connectivity index (χ1v) is 5.13. The van der Waals surface area contributed by atoms with Crippen LogP contribution < -0.4 is 0 Å². The molecule has 1 amide bonds. The van der Waals surface area contributed by atoms with Gasteiger partial charge in [0.15, 0.2) is 0 Å². The Bertz CT molecular complexity index is 244. The molecule has 0 aromatic rings. The first-order chi connectivity index (χ1) is 6.23. The third-order valence-electron chi connectivity index (χ3n) is 3.59. The molecule has 1 aliphatic heterocycles. The normalized spacial score (nSPS) is 31.0. The summed E-state index contributed by atoms with van der Waals surface area (Å²) in [6.07, 6.45) is -0.455. The molecule has 82 valence electrons. The number of alkyl halides is 1. The number of nitrogens with zero attached hydrogens (tertiary/aromatic N) is 1. The number of halogens is 1. The molecule has 2 unspecified atom stereocenters. The largest absolute Gasteiger partial charge is 0.345 e. The molecule has 1 heterocycles. The molecule has 0 N–H and O–H groups in total. The van der Waals surface area contributed by atoms with Gasteiger partial charge in [-0.05, 0) is 18.8 Å². The monoisotopic (exact) mass is 201 g/mol. The number of rotatable bonds is 1. The van der Waals surface area contributed by atoms with Gasteiger partial charge in [-0.15, -0.1) is 0 Å². The van der Waals surface area contributed by atoms with Crippen molar-refractivity contribution < 1.29 is 9.18 Å². The van der Waals surface area contributed by atoms with Crippen LogP contribution in [0.1, 0.15) is 34.1 Å². The fourth-order valence-electron chi connectivity index (χ4n) is 2.55. The van der Waals surface area contributed by atoms with Crippen molar-refractivity contribution >= 4 is 5.91 Å². The maximum Gasteiger partial charge on any atom is 0.232 e. The predicted octanol–water partition coefficient (Wildman–Crippen LogP) is 2.24. The Morgan fingerprint density at radius 1 is 1.50 bits per heavy atom. The van der Waals surface area contributed by atoms with E-state index in [1.165, 1.54) is 6.92 Å². The zero-order valence-electron chi connectivity index (χ0n) is 9.72. The van der Waals surface area contributed by atoms with Crippen LogP contribution in [-0.4, -0.2) is 30.6 Å². The van der Waals surface area contributed by atoms with Crippen molar-refractivity contribution in [2.45, 2.75) is 40.3 Å². The Morgan fingerprint density at radius 3 is 2.14 bits per heavy atom. The molecule has 0 bridgehead atoms. The maximum atomic E-state index is 13.7. The Kier molecular flexibility index (Phi) is 2.63. The van der Waals surface area contributed by atoms with Gasteiger partial charge in [0.1, 0.15) is 6.17 Å². The van der Waals surface area contributed by atoms with E-state index in [0.717, 1.165) is 0 Å². The van der Waals surface area contributed by atoms with Gasteiger partial charge in [-0.25, -0.2) is 4.39 Å². The van der Waals surface area contributed by atoms with E-state index < -0.39 is 11.6 Å². The molecule has 3 heteroatoms. The van der Waals surface area contributed by atoms with Crippen LogP contribution in [0.25, 0.3) is 0 Å². The zero-order chi connectivity index (χ0) is 11.1. The highest BCUT2D eigenvalue weighted by Crippen LogP contribution is 2.50. The van der Waals surface area contributed by atoms with Crippen LogP contribution in [0, 0.1) is 10.8 Å². The summed E-state index contributed by atoms with van der Waals surface area (Å²) < 4.78 is 13.7. The van der Waals surface area contributed by atoms with Crippen LogP contribution >= 0.6 is 0 Å². The van der Waals surface area contributed by atoms with Crippen LogP contribution in [0.3, 0.4) is 0 Å². The van der Waals surface area contributed by atoms with Gasteiger partial charge in [0.2, 0.25) is 5.91 Å². The summed E-state index contributed by atoms with van der Waals surface area (Å²) in [6.45, 7) is 8.01. The minimum absolute atomic E-state index is 0.0417. The highest BCUT2D eigenvalue weighted by Gasteiger charge is 2.57. The Labute approximate surface area is 85.5 Å². The molecule has 0 radical (unpaired) electrons. The molecular weight excluding hydrogens is 181 g/mol. The lowest BCUT2D eigenvalue weighted by molar-refractivity contribution is -0.145. The summed E-state index contributed by atoms with van der Waals surface area (Å²) in [6, 6.07) is 0. The lowest BCUT2D eigenvalue weighted by Crippen LogP contribution is -2.48. The highest BCUT2D eigenvalue weighted by molar-refractivity contribution is 5.86. The predicted molar refractivity (Wildman–Crippen MR) is 54.7 cm³/mol. The van der Waals surface area contributed by atoms with Gasteiger partial charge >= 0.3 is 0 Å². The minimum Gasteiger partial charge on any atom is -0.345 e. The Hall–Kier alpha value is -0.600. The van der Waals surface area contributed by atoms with Crippen LogP contribution in [0.2, 0.25) is 0 Å². The van der Waals surface area contributed by atoms with E-state index in [0.29, 0.717) is 13.0 Å². The summed E-state index contributed by atoms with van der Waals surface area (Å²) in [7, 11) is 1.75. The van der Waals surface area contributed by atoms with Gasteiger partial charge in [0.05, 0.1) is 5.41 Å². The highest BCUT2D eigenvalue weighted by atomic mass is 19.1.